The molecule has 1 atom stereocenters. The fourth-order valence-corrected chi connectivity index (χ4v) is 2.87. The summed E-state index contributed by atoms with van der Waals surface area (Å²) in [4.78, 5) is 27.6. The zero-order valence-electron chi connectivity index (χ0n) is 14.4. The zero-order chi connectivity index (χ0) is 17.7. The number of rotatable bonds is 6. The van der Waals surface area contributed by atoms with Crippen LogP contribution in [0.5, 0.6) is 0 Å². The van der Waals surface area contributed by atoms with Crippen LogP contribution in [-0.2, 0) is 0 Å². The third kappa shape index (κ3) is 4.32. The molecule has 1 amide bonds. The summed E-state index contributed by atoms with van der Waals surface area (Å²) in [5, 5.41) is 2.91. The molecule has 0 saturated carbocycles. The molecule has 0 saturated heterocycles. The molecule has 0 spiro atoms. The molecule has 128 valence electrons. The maximum Gasteiger partial charge on any atom is 0.261 e. The number of H-pyrrole nitrogens is 1. The van der Waals surface area contributed by atoms with Crippen LogP contribution in [0, 0.1) is 5.92 Å². The summed E-state index contributed by atoms with van der Waals surface area (Å²) in [6.07, 6.45) is 0.745. The Kier molecular flexibility index (Phi) is 5.57. The van der Waals surface area contributed by atoms with Crippen LogP contribution in [-0.4, -0.2) is 23.0 Å². The molecule has 0 aliphatic carbocycles. The second-order valence-electron chi connectivity index (χ2n) is 6.80. The topological polar surface area (TPSA) is 88.0 Å². The molecule has 24 heavy (non-hydrogen) atoms. The number of hydrogen-bond acceptors (Lipinski definition) is 3. The summed E-state index contributed by atoms with van der Waals surface area (Å²) >= 11 is 0. The van der Waals surface area contributed by atoms with Crippen molar-refractivity contribution in [1.29, 1.82) is 0 Å². The number of carbonyl (C=O) groups is 1. The van der Waals surface area contributed by atoms with Crippen LogP contribution in [0.3, 0.4) is 0 Å². The second-order valence-corrected chi connectivity index (χ2v) is 6.80. The zero-order valence-corrected chi connectivity index (χ0v) is 14.4. The van der Waals surface area contributed by atoms with Crippen molar-refractivity contribution in [2.75, 3.05) is 6.54 Å². The van der Waals surface area contributed by atoms with Crippen molar-refractivity contribution in [3.05, 3.63) is 58.4 Å². The van der Waals surface area contributed by atoms with Crippen LogP contribution >= 0.6 is 0 Å². The highest BCUT2D eigenvalue weighted by atomic mass is 16.2. The number of nitrogens with one attached hydrogen (secondary N) is 2. The van der Waals surface area contributed by atoms with Gasteiger partial charge in [-0.05, 0) is 37.0 Å². The molecular formula is C19H25N3O2. The maximum atomic E-state index is 12.5. The summed E-state index contributed by atoms with van der Waals surface area (Å²) in [5.41, 5.74) is 6.56. The van der Waals surface area contributed by atoms with Crippen molar-refractivity contribution >= 4 is 5.91 Å². The van der Waals surface area contributed by atoms with Gasteiger partial charge in [-0.1, -0.05) is 44.2 Å². The Bertz CT molecular complexity index is 753. The highest BCUT2D eigenvalue weighted by molar-refractivity contribution is 5.94. The molecule has 1 aromatic carbocycles. The van der Waals surface area contributed by atoms with Gasteiger partial charge in [0.2, 0.25) is 0 Å². The molecule has 2 aromatic rings. The summed E-state index contributed by atoms with van der Waals surface area (Å²) in [6, 6.07) is 12.8. The van der Waals surface area contributed by atoms with E-state index in [0.29, 0.717) is 18.2 Å². The van der Waals surface area contributed by atoms with Gasteiger partial charge in [0.15, 0.2) is 0 Å². The van der Waals surface area contributed by atoms with E-state index in [-0.39, 0.29) is 5.56 Å². The first-order valence-electron chi connectivity index (χ1n) is 8.16. The highest BCUT2D eigenvalue weighted by Crippen LogP contribution is 2.17. The van der Waals surface area contributed by atoms with Gasteiger partial charge < -0.3 is 16.0 Å². The van der Waals surface area contributed by atoms with E-state index in [2.05, 4.69) is 24.1 Å². The van der Waals surface area contributed by atoms with Crippen LogP contribution < -0.4 is 16.6 Å². The average Bonchev–Trinajstić information content (AvgIpc) is 2.54. The van der Waals surface area contributed by atoms with Crippen LogP contribution in [0.2, 0.25) is 0 Å². The van der Waals surface area contributed by atoms with Gasteiger partial charge in [0, 0.05) is 17.8 Å². The Morgan fingerprint density at radius 3 is 2.42 bits per heavy atom. The number of aromatic amines is 1. The minimum Gasteiger partial charge on any atom is -0.345 e. The van der Waals surface area contributed by atoms with Gasteiger partial charge in [-0.3, -0.25) is 9.59 Å². The Hall–Kier alpha value is -2.40. The number of aromatic nitrogens is 1. The smallest absolute Gasteiger partial charge is 0.261 e. The normalized spacial score (nSPS) is 13.5. The lowest BCUT2D eigenvalue weighted by atomic mass is 9.90. The van der Waals surface area contributed by atoms with Gasteiger partial charge in [0.1, 0.15) is 5.56 Å². The van der Waals surface area contributed by atoms with E-state index in [1.54, 1.807) is 12.1 Å². The first-order chi connectivity index (χ1) is 11.3. The highest BCUT2D eigenvalue weighted by Gasteiger charge is 2.27. The molecule has 5 heteroatoms. The SMILES string of the molecule is CC(C)CC(C)(CN)NC(=O)c1ccc(-c2ccccc2)[nH]c1=O. The van der Waals surface area contributed by atoms with Gasteiger partial charge in [0.05, 0.1) is 0 Å². The molecule has 4 N–H and O–H groups in total. The molecule has 2 rings (SSSR count). The predicted octanol–water partition coefficient (Wildman–Crippen LogP) is 2.54. The lowest BCUT2D eigenvalue weighted by molar-refractivity contribution is 0.0896. The van der Waals surface area contributed by atoms with E-state index in [1.165, 1.54) is 0 Å². The summed E-state index contributed by atoms with van der Waals surface area (Å²) in [5.74, 6) is -0.0120. The third-order valence-corrected chi connectivity index (χ3v) is 3.96. The van der Waals surface area contributed by atoms with Gasteiger partial charge in [-0.15, -0.1) is 0 Å². The first kappa shape index (κ1) is 17.9. The Balaban J connectivity index is 2.23. The third-order valence-electron chi connectivity index (χ3n) is 3.96. The molecule has 1 aromatic heterocycles. The molecule has 5 nitrogen and oxygen atoms in total. The molecular weight excluding hydrogens is 302 g/mol. The number of nitrogens with two attached hydrogens (primary N) is 1. The van der Waals surface area contributed by atoms with E-state index in [1.807, 2.05) is 37.3 Å². The molecule has 1 heterocycles. The quantitative estimate of drug-likeness (QED) is 0.762. The standard InChI is InChI=1S/C19H25N3O2/c1-13(2)11-19(3,12-20)22-18(24)15-9-10-16(21-17(15)23)14-7-5-4-6-8-14/h4-10,13H,11-12,20H2,1-3H3,(H,21,23)(H,22,24). The van der Waals surface area contributed by atoms with Crippen LogP contribution in [0.15, 0.2) is 47.3 Å². The van der Waals surface area contributed by atoms with Gasteiger partial charge in [0.25, 0.3) is 11.5 Å². The van der Waals surface area contributed by atoms with Gasteiger partial charge >= 0.3 is 0 Å². The molecule has 0 aliphatic heterocycles. The molecule has 0 aliphatic rings. The summed E-state index contributed by atoms with van der Waals surface area (Å²) < 4.78 is 0. The number of pyridine rings is 1. The average molecular weight is 327 g/mol. The van der Waals surface area contributed by atoms with Gasteiger partial charge in [-0.2, -0.15) is 0 Å². The fourth-order valence-electron chi connectivity index (χ4n) is 2.87. The van der Waals surface area contributed by atoms with Crippen LogP contribution in [0.25, 0.3) is 11.3 Å². The minimum atomic E-state index is -0.532. The maximum absolute atomic E-state index is 12.5. The van der Waals surface area contributed by atoms with Crippen molar-refractivity contribution in [2.45, 2.75) is 32.7 Å². The molecule has 0 fully saturated rings. The van der Waals surface area contributed by atoms with Crippen molar-refractivity contribution in [3.63, 3.8) is 0 Å². The second kappa shape index (κ2) is 7.45. The predicted molar refractivity (Wildman–Crippen MR) is 96.9 cm³/mol. The molecule has 1 unspecified atom stereocenters. The fraction of sp³-hybridized carbons (Fsp3) is 0.368. The van der Waals surface area contributed by atoms with Crippen molar-refractivity contribution in [1.82, 2.24) is 10.3 Å². The van der Waals surface area contributed by atoms with E-state index in [4.69, 9.17) is 5.73 Å². The Morgan fingerprint density at radius 2 is 1.88 bits per heavy atom. The van der Waals surface area contributed by atoms with E-state index in [0.717, 1.165) is 12.0 Å². The van der Waals surface area contributed by atoms with Crippen LogP contribution in [0.4, 0.5) is 0 Å². The van der Waals surface area contributed by atoms with E-state index < -0.39 is 17.0 Å². The summed E-state index contributed by atoms with van der Waals surface area (Å²) in [6.45, 7) is 6.36. The minimum absolute atomic E-state index is 0.0955. The van der Waals surface area contributed by atoms with E-state index in [9.17, 15) is 9.59 Å². The summed E-state index contributed by atoms with van der Waals surface area (Å²) in [7, 11) is 0. The monoisotopic (exact) mass is 327 g/mol. The lowest BCUT2D eigenvalue weighted by Crippen LogP contribution is -2.52. The van der Waals surface area contributed by atoms with Crippen molar-refractivity contribution in [3.8, 4) is 11.3 Å². The van der Waals surface area contributed by atoms with Crippen molar-refractivity contribution < 1.29 is 4.79 Å². The van der Waals surface area contributed by atoms with Crippen LogP contribution in [0.1, 0.15) is 37.6 Å². The Morgan fingerprint density at radius 1 is 1.21 bits per heavy atom. The number of amides is 1. The number of hydrogen-bond donors (Lipinski definition) is 3. The molecule has 0 radical (unpaired) electrons. The van der Waals surface area contributed by atoms with Crippen molar-refractivity contribution in [2.24, 2.45) is 11.7 Å². The number of benzene rings is 1. The van der Waals surface area contributed by atoms with E-state index >= 15 is 0 Å². The van der Waals surface area contributed by atoms with Gasteiger partial charge in [-0.25, -0.2) is 0 Å². The molecule has 0 bridgehead atoms. The first-order valence-corrected chi connectivity index (χ1v) is 8.16. The largest absolute Gasteiger partial charge is 0.345 e. The lowest BCUT2D eigenvalue weighted by Gasteiger charge is -2.31. The Labute approximate surface area is 142 Å². The number of carbonyl (C=O) groups excluding carboxylic acids is 1.